The molecule has 0 spiro atoms. The van der Waals surface area contributed by atoms with Crippen LogP contribution < -0.4 is 10.2 Å². The second-order valence-corrected chi connectivity index (χ2v) is 12.9. The number of methoxy groups -OCH3 is 1. The highest BCUT2D eigenvalue weighted by atomic mass is 16.5. The molecule has 1 aliphatic rings. The number of hydrogen-bond donors (Lipinski definition) is 1. The number of ketones is 1. The van der Waals surface area contributed by atoms with Gasteiger partial charge in [-0.15, -0.1) is 5.10 Å². The lowest BCUT2D eigenvalue weighted by Crippen LogP contribution is -2.35. The summed E-state index contributed by atoms with van der Waals surface area (Å²) in [7, 11) is 1.69. The lowest BCUT2D eigenvalue weighted by molar-refractivity contribution is -0.127. The van der Waals surface area contributed by atoms with Crippen molar-refractivity contribution >= 4 is 23.3 Å². The third-order valence-corrected chi connectivity index (χ3v) is 8.59. The summed E-state index contributed by atoms with van der Waals surface area (Å²) in [6.45, 7) is 11.9. The van der Waals surface area contributed by atoms with Gasteiger partial charge in [-0.1, -0.05) is 61.5 Å². The number of amides is 2. The molecule has 0 aliphatic carbocycles. The molecule has 4 rings (SSSR count). The second kappa shape index (κ2) is 14.9. The molecule has 0 radical (unpaired) electrons. The van der Waals surface area contributed by atoms with Crippen LogP contribution in [0.2, 0.25) is 0 Å². The number of nitrogens with zero attached hydrogens (tertiary/aromatic N) is 4. The molecule has 10 nitrogen and oxygen atoms in total. The van der Waals surface area contributed by atoms with Gasteiger partial charge in [0.1, 0.15) is 11.5 Å². The van der Waals surface area contributed by atoms with E-state index in [1.807, 2.05) is 80.9 Å². The number of ether oxygens (including phenoxy) is 2. The quantitative estimate of drug-likeness (QED) is 0.221. The van der Waals surface area contributed by atoms with Crippen LogP contribution in [0.15, 0.2) is 48.5 Å². The van der Waals surface area contributed by atoms with Crippen molar-refractivity contribution in [2.24, 2.45) is 5.41 Å². The van der Waals surface area contributed by atoms with Gasteiger partial charge in [-0.25, -0.2) is 4.68 Å². The molecule has 2 heterocycles. The van der Waals surface area contributed by atoms with Crippen LogP contribution in [0.5, 0.6) is 0 Å². The standard InChI is InChI=1S/C35H47N5O5/c1-25(41)34(2,3)19-23-45-35(4,5)18-20-36-30(42)16-17-31(43)39-24-26-12-7-8-13-27(26)33-32(28-14-9-10-15-29(28)39)37-38-40(33)21-11-22-44-6/h7-10,12-15H,11,16-24H2,1-6H3,(H,36,42). The molecule has 0 fully saturated rings. The molecular weight excluding hydrogens is 570 g/mol. The summed E-state index contributed by atoms with van der Waals surface area (Å²) in [6, 6.07) is 15.8. The largest absolute Gasteiger partial charge is 0.385 e. The lowest BCUT2D eigenvalue weighted by atomic mass is 9.86. The van der Waals surface area contributed by atoms with Gasteiger partial charge in [-0.05, 0) is 51.7 Å². The maximum Gasteiger partial charge on any atom is 0.227 e. The van der Waals surface area contributed by atoms with Crippen molar-refractivity contribution in [3.63, 3.8) is 0 Å². The monoisotopic (exact) mass is 617 g/mol. The van der Waals surface area contributed by atoms with Crippen molar-refractivity contribution in [3.8, 4) is 22.5 Å². The van der Waals surface area contributed by atoms with E-state index in [9.17, 15) is 14.4 Å². The number of Topliss-reactive ketones (excluding diaryl/α,β-unsaturated/α-hetero) is 1. The first-order chi connectivity index (χ1) is 21.4. The Bertz CT molecular complexity index is 1500. The van der Waals surface area contributed by atoms with Crippen LogP contribution in [0.4, 0.5) is 5.69 Å². The number of aryl methyl sites for hydroxylation is 1. The third-order valence-electron chi connectivity index (χ3n) is 8.59. The van der Waals surface area contributed by atoms with E-state index in [-0.39, 0.29) is 30.4 Å². The summed E-state index contributed by atoms with van der Waals surface area (Å²) in [4.78, 5) is 40.1. The highest BCUT2D eigenvalue weighted by Gasteiger charge is 2.29. The van der Waals surface area contributed by atoms with Crippen molar-refractivity contribution < 1.29 is 23.9 Å². The highest BCUT2D eigenvalue weighted by Crippen LogP contribution is 2.41. The molecule has 1 aliphatic heterocycles. The van der Waals surface area contributed by atoms with Crippen LogP contribution >= 0.6 is 0 Å². The van der Waals surface area contributed by atoms with E-state index < -0.39 is 11.0 Å². The van der Waals surface area contributed by atoms with Gasteiger partial charge in [0, 0.05) is 62.8 Å². The maximum atomic E-state index is 13.8. The van der Waals surface area contributed by atoms with E-state index in [0.29, 0.717) is 45.7 Å². The maximum absolute atomic E-state index is 13.8. The first-order valence-electron chi connectivity index (χ1n) is 15.8. The molecule has 0 saturated heterocycles. The summed E-state index contributed by atoms with van der Waals surface area (Å²) in [5, 5.41) is 12.0. The summed E-state index contributed by atoms with van der Waals surface area (Å²) in [5.41, 5.74) is 4.31. The van der Waals surface area contributed by atoms with Crippen molar-refractivity contribution in [1.82, 2.24) is 20.3 Å². The molecule has 0 saturated carbocycles. The van der Waals surface area contributed by atoms with E-state index in [4.69, 9.17) is 9.47 Å². The molecule has 0 atom stereocenters. The van der Waals surface area contributed by atoms with Gasteiger partial charge < -0.3 is 19.7 Å². The zero-order valence-electron chi connectivity index (χ0n) is 27.5. The van der Waals surface area contributed by atoms with E-state index in [2.05, 4.69) is 15.6 Å². The number of para-hydroxylation sites is 1. The Morgan fingerprint density at radius 1 is 0.933 bits per heavy atom. The predicted octanol–water partition coefficient (Wildman–Crippen LogP) is 5.58. The Morgan fingerprint density at radius 2 is 1.64 bits per heavy atom. The zero-order chi connectivity index (χ0) is 32.6. The second-order valence-electron chi connectivity index (χ2n) is 12.9. The summed E-state index contributed by atoms with van der Waals surface area (Å²) in [6.07, 6.45) is 2.19. The Hall–Kier alpha value is -3.89. The Balaban J connectivity index is 1.41. The molecule has 0 unspecified atom stereocenters. The minimum atomic E-state index is -0.456. The molecule has 2 aromatic carbocycles. The predicted molar refractivity (Wildman–Crippen MR) is 175 cm³/mol. The van der Waals surface area contributed by atoms with Gasteiger partial charge in [-0.3, -0.25) is 14.4 Å². The third kappa shape index (κ3) is 8.64. The number of aromatic nitrogens is 3. The van der Waals surface area contributed by atoms with Crippen LogP contribution in [-0.4, -0.2) is 65.1 Å². The minimum Gasteiger partial charge on any atom is -0.385 e. The highest BCUT2D eigenvalue weighted by molar-refractivity contribution is 6.01. The number of carbonyl (C=O) groups excluding carboxylic acids is 3. The topological polar surface area (TPSA) is 116 Å². The molecule has 10 heteroatoms. The molecule has 242 valence electrons. The van der Waals surface area contributed by atoms with Gasteiger partial charge in [0.2, 0.25) is 11.8 Å². The van der Waals surface area contributed by atoms with Crippen molar-refractivity contribution in [2.75, 3.05) is 31.8 Å². The van der Waals surface area contributed by atoms with Gasteiger partial charge in [0.25, 0.3) is 0 Å². The Kier molecular flexibility index (Phi) is 11.3. The average molecular weight is 618 g/mol. The van der Waals surface area contributed by atoms with Crippen molar-refractivity contribution in [1.29, 1.82) is 0 Å². The fraction of sp³-hybridized carbons (Fsp3) is 0.514. The molecule has 3 aromatic rings. The molecule has 1 aromatic heterocycles. The lowest BCUT2D eigenvalue weighted by Gasteiger charge is -2.29. The smallest absolute Gasteiger partial charge is 0.227 e. The SMILES string of the molecule is COCCCn1nnc2c1-c1ccccc1CN(C(=O)CCC(=O)NCCC(C)(C)OCCC(C)(C)C(C)=O)c1ccccc1-2. The molecule has 1 N–H and O–H groups in total. The number of carbonyl (C=O) groups is 3. The minimum absolute atomic E-state index is 0.0684. The van der Waals surface area contributed by atoms with E-state index >= 15 is 0 Å². The number of benzene rings is 2. The normalized spacial score (nSPS) is 12.9. The van der Waals surface area contributed by atoms with E-state index in [1.165, 1.54) is 0 Å². The van der Waals surface area contributed by atoms with Gasteiger partial charge >= 0.3 is 0 Å². The first-order valence-corrected chi connectivity index (χ1v) is 15.8. The van der Waals surface area contributed by atoms with Crippen molar-refractivity contribution in [3.05, 3.63) is 54.1 Å². The Labute approximate surface area is 266 Å². The van der Waals surface area contributed by atoms with Gasteiger partial charge in [-0.2, -0.15) is 0 Å². The number of rotatable bonds is 15. The molecule has 45 heavy (non-hydrogen) atoms. The van der Waals surface area contributed by atoms with E-state index in [0.717, 1.165) is 40.2 Å². The van der Waals surface area contributed by atoms with Crippen LogP contribution in [0.3, 0.4) is 0 Å². The fourth-order valence-electron chi connectivity index (χ4n) is 5.33. The Morgan fingerprint density at radius 3 is 2.38 bits per heavy atom. The van der Waals surface area contributed by atoms with Gasteiger partial charge in [0.15, 0.2) is 0 Å². The summed E-state index contributed by atoms with van der Waals surface area (Å²) < 4.78 is 13.2. The zero-order valence-corrected chi connectivity index (χ0v) is 27.5. The molecule has 0 bridgehead atoms. The average Bonchev–Trinajstić information content (AvgIpc) is 3.40. The number of nitrogens with one attached hydrogen (secondary N) is 1. The summed E-state index contributed by atoms with van der Waals surface area (Å²) in [5.74, 6) is -0.181. The number of anilines is 1. The van der Waals surface area contributed by atoms with Crippen LogP contribution in [0.1, 0.15) is 72.3 Å². The van der Waals surface area contributed by atoms with Crippen LogP contribution in [0, 0.1) is 5.41 Å². The first kappa shape index (κ1) is 34.0. The van der Waals surface area contributed by atoms with Crippen LogP contribution in [-0.2, 0) is 36.9 Å². The molecule has 2 amide bonds. The number of hydrogen-bond acceptors (Lipinski definition) is 7. The van der Waals surface area contributed by atoms with E-state index in [1.54, 1.807) is 18.9 Å². The van der Waals surface area contributed by atoms with Crippen molar-refractivity contribution in [2.45, 2.75) is 85.4 Å². The van der Waals surface area contributed by atoms with Crippen LogP contribution in [0.25, 0.3) is 22.5 Å². The number of fused-ring (bicyclic) bond motifs is 5. The molecular formula is C35H47N5O5. The summed E-state index contributed by atoms with van der Waals surface area (Å²) >= 11 is 0. The fourth-order valence-corrected chi connectivity index (χ4v) is 5.33. The van der Waals surface area contributed by atoms with Gasteiger partial charge in [0.05, 0.1) is 23.5 Å².